The fourth-order valence-corrected chi connectivity index (χ4v) is 3.12. The zero-order valence-electron chi connectivity index (χ0n) is 13.9. The number of anilines is 2. The van der Waals surface area contributed by atoms with Gasteiger partial charge in [-0.1, -0.05) is 60.1 Å². The Hall–Kier alpha value is -3.10. The number of rotatable bonds is 3. The molecule has 0 atom stereocenters. The van der Waals surface area contributed by atoms with Gasteiger partial charge in [0.05, 0.1) is 5.69 Å². The van der Waals surface area contributed by atoms with Gasteiger partial charge in [0, 0.05) is 21.7 Å². The number of fused-ring (bicyclic) bond motifs is 1. The Balaban J connectivity index is 1.93. The number of benzene rings is 4. The van der Waals surface area contributed by atoms with Crippen LogP contribution in [-0.4, -0.2) is 5.91 Å². The highest BCUT2D eigenvalue weighted by atomic mass is 35.5. The van der Waals surface area contributed by atoms with Gasteiger partial charge in [-0.15, -0.1) is 0 Å². The molecule has 26 heavy (non-hydrogen) atoms. The first-order valence-corrected chi connectivity index (χ1v) is 8.66. The number of nitrogens with zero attached hydrogens (tertiary/aromatic N) is 1. The fraction of sp³-hybridized carbons (Fsp3) is 0. The Kier molecular flexibility index (Phi) is 4.42. The Labute approximate surface area is 157 Å². The standard InChI is InChI=1S/C23H15ClNO/c24-19-13-15-20(16-14-19)25(23(26)18-8-2-1-3-9-18)22-12-6-10-17-7-4-5-11-21(17)22/h1-9,11-16H. The van der Waals surface area contributed by atoms with Gasteiger partial charge in [-0.2, -0.15) is 0 Å². The number of hydrogen-bond acceptors (Lipinski definition) is 1. The predicted molar refractivity (Wildman–Crippen MR) is 107 cm³/mol. The van der Waals surface area contributed by atoms with Crippen molar-refractivity contribution in [1.82, 2.24) is 0 Å². The second kappa shape index (κ2) is 7.03. The number of carbonyl (C=O) groups is 1. The van der Waals surface area contributed by atoms with Crippen molar-refractivity contribution in [3.8, 4) is 0 Å². The molecule has 0 aliphatic carbocycles. The molecule has 0 fully saturated rings. The first-order valence-electron chi connectivity index (χ1n) is 8.28. The lowest BCUT2D eigenvalue weighted by Crippen LogP contribution is -2.26. The van der Waals surface area contributed by atoms with Crippen LogP contribution in [0.1, 0.15) is 10.4 Å². The third kappa shape index (κ3) is 3.07. The summed E-state index contributed by atoms with van der Waals surface area (Å²) < 4.78 is 0. The van der Waals surface area contributed by atoms with Crippen molar-refractivity contribution < 1.29 is 4.79 Å². The van der Waals surface area contributed by atoms with Crippen LogP contribution in [0.2, 0.25) is 5.02 Å². The molecule has 4 aromatic rings. The van der Waals surface area contributed by atoms with Crippen LogP contribution in [0.4, 0.5) is 11.4 Å². The summed E-state index contributed by atoms with van der Waals surface area (Å²) in [5, 5.41) is 2.56. The summed E-state index contributed by atoms with van der Waals surface area (Å²) in [6.45, 7) is 0. The van der Waals surface area contributed by atoms with E-state index in [9.17, 15) is 4.79 Å². The first-order chi connectivity index (χ1) is 12.7. The molecule has 0 aliphatic heterocycles. The number of halogens is 1. The highest BCUT2D eigenvalue weighted by Gasteiger charge is 2.21. The molecule has 0 aliphatic rings. The third-order valence-electron chi connectivity index (χ3n) is 4.23. The summed E-state index contributed by atoms with van der Waals surface area (Å²) in [5.74, 6) is -0.0933. The van der Waals surface area contributed by atoms with Crippen LogP contribution < -0.4 is 4.90 Å². The lowest BCUT2D eigenvalue weighted by molar-refractivity contribution is 0.0999. The third-order valence-corrected chi connectivity index (χ3v) is 4.48. The van der Waals surface area contributed by atoms with Crippen molar-refractivity contribution in [3.63, 3.8) is 0 Å². The molecular formula is C23H15ClNO. The number of amides is 1. The van der Waals surface area contributed by atoms with Crippen LogP contribution in [0.3, 0.4) is 0 Å². The van der Waals surface area contributed by atoms with E-state index in [-0.39, 0.29) is 5.91 Å². The van der Waals surface area contributed by atoms with Crippen LogP contribution in [0.5, 0.6) is 0 Å². The largest absolute Gasteiger partial charge is 0.276 e. The highest BCUT2D eigenvalue weighted by molar-refractivity contribution is 6.30. The summed E-state index contributed by atoms with van der Waals surface area (Å²) >= 11 is 6.05. The molecule has 0 N–H and O–H groups in total. The summed E-state index contributed by atoms with van der Waals surface area (Å²) in [7, 11) is 0. The van der Waals surface area contributed by atoms with E-state index in [1.54, 1.807) is 17.0 Å². The maximum atomic E-state index is 13.4. The van der Waals surface area contributed by atoms with Crippen LogP contribution >= 0.6 is 11.6 Å². The van der Waals surface area contributed by atoms with Gasteiger partial charge in [0.25, 0.3) is 5.91 Å². The van der Waals surface area contributed by atoms with E-state index in [1.807, 2.05) is 78.9 Å². The molecule has 1 amide bonds. The van der Waals surface area contributed by atoms with Crippen LogP contribution in [0, 0.1) is 6.07 Å². The second-order valence-electron chi connectivity index (χ2n) is 5.89. The Morgan fingerprint density at radius 2 is 1.50 bits per heavy atom. The molecule has 0 unspecified atom stereocenters. The molecule has 1 radical (unpaired) electrons. The predicted octanol–water partition coefficient (Wildman–Crippen LogP) is 6.27. The molecule has 3 heteroatoms. The van der Waals surface area contributed by atoms with Crippen LogP contribution in [-0.2, 0) is 0 Å². The minimum absolute atomic E-state index is 0.0933. The van der Waals surface area contributed by atoms with E-state index < -0.39 is 0 Å². The van der Waals surface area contributed by atoms with Gasteiger partial charge in [-0.25, -0.2) is 0 Å². The molecule has 0 saturated heterocycles. The van der Waals surface area contributed by atoms with E-state index >= 15 is 0 Å². The number of carbonyl (C=O) groups excluding carboxylic acids is 1. The van der Waals surface area contributed by atoms with Crippen molar-refractivity contribution >= 4 is 39.7 Å². The molecule has 0 spiro atoms. The van der Waals surface area contributed by atoms with E-state index in [1.165, 1.54) is 0 Å². The maximum Gasteiger partial charge on any atom is 0.262 e. The Bertz CT molecular complexity index is 1050. The van der Waals surface area contributed by atoms with E-state index in [0.717, 1.165) is 22.1 Å². The fourth-order valence-electron chi connectivity index (χ4n) is 2.99. The van der Waals surface area contributed by atoms with Gasteiger partial charge in [0.1, 0.15) is 0 Å². The van der Waals surface area contributed by atoms with Gasteiger partial charge < -0.3 is 0 Å². The van der Waals surface area contributed by atoms with E-state index in [2.05, 4.69) is 6.07 Å². The first kappa shape index (κ1) is 16.4. The molecule has 0 heterocycles. The minimum Gasteiger partial charge on any atom is -0.276 e. The SMILES string of the molecule is O=C(c1ccccc1)N(c1ccc(Cl)cc1)c1cc[c]c2ccccc12. The molecule has 0 saturated carbocycles. The zero-order valence-corrected chi connectivity index (χ0v) is 14.6. The van der Waals surface area contributed by atoms with Crippen molar-refractivity contribution in [2.75, 3.05) is 4.90 Å². The van der Waals surface area contributed by atoms with Gasteiger partial charge in [-0.05, 0) is 53.9 Å². The average Bonchev–Trinajstić information content (AvgIpc) is 2.70. The summed E-state index contributed by atoms with van der Waals surface area (Å²) in [5.41, 5.74) is 2.20. The van der Waals surface area contributed by atoms with Gasteiger partial charge in [0.2, 0.25) is 0 Å². The lowest BCUT2D eigenvalue weighted by Gasteiger charge is -2.24. The van der Waals surface area contributed by atoms with E-state index in [4.69, 9.17) is 11.6 Å². The summed E-state index contributed by atoms with van der Waals surface area (Å²) in [6.07, 6.45) is 0. The van der Waals surface area contributed by atoms with Gasteiger partial charge >= 0.3 is 0 Å². The van der Waals surface area contributed by atoms with Gasteiger partial charge in [-0.3, -0.25) is 9.69 Å². The summed E-state index contributed by atoms with van der Waals surface area (Å²) in [4.78, 5) is 15.1. The lowest BCUT2D eigenvalue weighted by atomic mass is 10.1. The average molecular weight is 357 g/mol. The molecule has 0 aromatic heterocycles. The molecule has 4 aromatic carbocycles. The van der Waals surface area contributed by atoms with Crippen molar-refractivity contribution in [2.24, 2.45) is 0 Å². The zero-order chi connectivity index (χ0) is 17.9. The number of hydrogen-bond donors (Lipinski definition) is 0. The van der Waals surface area contributed by atoms with E-state index in [0.29, 0.717) is 10.6 Å². The smallest absolute Gasteiger partial charge is 0.262 e. The second-order valence-corrected chi connectivity index (χ2v) is 6.33. The normalized spacial score (nSPS) is 10.7. The Morgan fingerprint density at radius 3 is 2.27 bits per heavy atom. The molecule has 0 bridgehead atoms. The Morgan fingerprint density at radius 1 is 0.808 bits per heavy atom. The van der Waals surface area contributed by atoms with Crippen molar-refractivity contribution in [3.05, 3.63) is 108 Å². The molecular weight excluding hydrogens is 342 g/mol. The molecule has 4 rings (SSSR count). The van der Waals surface area contributed by atoms with Crippen molar-refractivity contribution in [2.45, 2.75) is 0 Å². The molecule has 2 nitrogen and oxygen atoms in total. The minimum atomic E-state index is -0.0933. The van der Waals surface area contributed by atoms with Crippen molar-refractivity contribution in [1.29, 1.82) is 0 Å². The summed E-state index contributed by atoms with van der Waals surface area (Å²) in [6, 6.07) is 31.5. The molecule has 125 valence electrons. The van der Waals surface area contributed by atoms with Crippen LogP contribution in [0.25, 0.3) is 10.8 Å². The topological polar surface area (TPSA) is 20.3 Å². The quantitative estimate of drug-likeness (QED) is 0.423. The maximum absolute atomic E-state index is 13.4. The monoisotopic (exact) mass is 356 g/mol. The van der Waals surface area contributed by atoms with Crippen LogP contribution in [0.15, 0.2) is 91.0 Å². The van der Waals surface area contributed by atoms with Gasteiger partial charge in [0.15, 0.2) is 0 Å². The highest BCUT2D eigenvalue weighted by Crippen LogP contribution is 2.34.